The number of hydrogen-bond acceptors (Lipinski definition) is 3. The van der Waals surface area contributed by atoms with E-state index < -0.39 is 0 Å². The number of rotatable bonds is 4. The first kappa shape index (κ1) is 14.5. The zero-order chi connectivity index (χ0) is 13.1. The van der Waals surface area contributed by atoms with Crippen molar-refractivity contribution in [2.45, 2.75) is 64.6 Å². The Kier molecular flexibility index (Phi) is 4.95. The fourth-order valence-corrected chi connectivity index (χ4v) is 2.18. The SMILES string of the molecule is CCC(C)(C)NC(=O)CN1CCC(N)CC1C. The van der Waals surface area contributed by atoms with E-state index in [1.807, 2.05) is 0 Å². The molecule has 0 aromatic rings. The molecule has 0 spiro atoms. The molecule has 0 bridgehead atoms. The predicted octanol–water partition coefficient (Wildman–Crippen LogP) is 1.10. The lowest BCUT2D eigenvalue weighted by atomic mass is 9.99. The van der Waals surface area contributed by atoms with Crippen molar-refractivity contribution in [3.8, 4) is 0 Å². The summed E-state index contributed by atoms with van der Waals surface area (Å²) in [5, 5.41) is 3.07. The maximum Gasteiger partial charge on any atom is 0.234 e. The van der Waals surface area contributed by atoms with Gasteiger partial charge in [0.05, 0.1) is 6.54 Å². The van der Waals surface area contributed by atoms with Gasteiger partial charge in [-0.1, -0.05) is 6.92 Å². The molecule has 0 radical (unpaired) electrons. The van der Waals surface area contributed by atoms with Gasteiger partial charge in [0.2, 0.25) is 5.91 Å². The van der Waals surface area contributed by atoms with Crippen LogP contribution in [0.1, 0.15) is 47.0 Å². The standard InChI is InChI=1S/C13H27N3O/c1-5-13(3,4)15-12(17)9-16-7-6-11(14)8-10(16)2/h10-11H,5-9,14H2,1-4H3,(H,15,17). The first-order chi connectivity index (χ1) is 7.84. The number of carbonyl (C=O) groups is 1. The number of amides is 1. The maximum absolute atomic E-state index is 11.9. The lowest BCUT2D eigenvalue weighted by Crippen LogP contribution is -2.52. The molecule has 4 nitrogen and oxygen atoms in total. The topological polar surface area (TPSA) is 58.4 Å². The number of nitrogens with two attached hydrogens (primary N) is 1. The Bertz CT molecular complexity index is 265. The Hall–Kier alpha value is -0.610. The Labute approximate surface area is 105 Å². The molecule has 1 amide bonds. The Morgan fingerprint density at radius 1 is 1.53 bits per heavy atom. The average Bonchev–Trinajstić information content (AvgIpc) is 2.21. The van der Waals surface area contributed by atoms with Crippen LogP contribution in [0, 0.1) is 0 Å². The lowest BCUT2D eigenvalue weighted by Gasteiger charge is -2.36. The van der Waals surface area contributed by atoms with Crippen LogP contribution < -0.4 is 11.1 Å². The van der Waals surface area contributed by atoms with Crippen LogP contribution in [0.4, 0.5) is 0 Å². The summed E-state index contributed by atoms with van der Waals surface area (Å²) >= 11 is 0. The van der Waals surface area contributed by atoms with E-state index in [-0.39, 0.29) is 11.4 Å². The minimum atomic E-state index is -0.105. The van der Waals surface area contributed by atoms with Crippen LogP contribution in [0.5, 0.6) is 0 Å². The number of carbonyl (C=O) groups excluding carboxylic acids is 1. The summed E-state index contributed by atoms with van der Waals surface area (Å²) in [4.78, 5) is 14.2. The zero-order valence-electron chi connectivity index (χ0n) is 11.6. The second-order valence-corrected chi connectivity index (χ2v) is 5.89. The van der Waals surface area contributed by atoms with E-state index in [9.17, 15) is 4.79 Å². The summed E-state index contributed by atoms with van der Waals surface area (Å²) in [6.45, 7) is 9.78. The van der Waals surface area contributed by atoms with E-state index in [1.165, 1.54) is 0 Å². The number of hydrogen-bond donors (Lipinski definition) is 2. The van der Waals surface area contributed by atoms with E-state index >= 15 is 0 Å². The Morgan fingerprint density at radius 3 is 2.71 bits per heavy atom. The molecule has 3 N–H and O–H groups in total. The van der Waals surface area contributed by atoms with Crippen molar-refractivity contribution >= 4 is 5.91 Å². The molecule has 1 heterocycles. The fraction of sp³-hybridized carbons (Fsp3) is 0.923. The molecule has 1 fully saturated rings. The molecule has 1 rings (SSSR count). The van der Waals surface area contributed by atoms with Crippen LogP contribution in [-0.2, 0) is 4.79 Å². The highest BCUT2D eigenvalue weighted by atomic mass is 16.2. The monoisotopic (exact) mass is 241 g/mol. The highest BCUT2D eigenvalue weighted by Crippen LogP contribution is 2.15. The van der Waals surface area contributed by atoms with Crippen LogP contribution in [0.3, 0.4) is 0 Å². The molecule has 2 unspecified atom stereocenters. The van der Waals surface area contributed by atoms with E-state index in [1.54, 1.807) is 0 Å². The highest BCUT2D eigenvalue weighted by molar-refractivity contribution is 5.78. The van der Waals surface area contributed by atoms with Crippen molar-refractivity contribution in [2.75, 3.05) is 13.1 Å². The minimum Gasteiger partial charge on any atom is -0.350 e. The van der Waals surface area contributed by atoms with Gasteiger partial charge in [-0.15, -0.1) is 0 Å². The molecule has 0 aromatic heterocycles. The van der Waals surface area contributed by atoms with Crippen molar-refractivity contribution in [2.24, 2.45) is 5.73 Å². The smallest absolute Gasteiger partial charge is 0.234 e. The van der Waals surface area contributed by atoms with E-state index in [0.717, 1.165) is 25.8 Å². The highest BCUT2D eigenvalue weighted by Gasteiger charge is 2.26. The molecule has 100 valence electrons. The van der Waals surface area contributed by atoms with Gasteiger partial charge in [0.15, 0.2) is 0 Å². The van der Waals surface area contributed by atoms with Gasteiger partial charge in [0, 0.05) is 24.2 Å². The summed E-state index contributed by atoms with van der Waals surface area (Å²) in [6.07, 6.45) is 2.93. The molecule has 0 saturated carbocycles. The molecular formula is C13H27N3O. The molecule has 17 heavy (non-hydrogen) atoms. The van der Waals surface area contributed by atoms with Crippen molar-refractivity contribution in [1.82, 2.24) is 10.2 Å². The Morgan fingerprint density at radius 2 is 2.18 bits per heavy atom. The summed E-state index contributed by atoms with van der Waals surface area (Å²) in [7, 11) is 0. The molecule has 2 atom stereocenters. The summed E-state index contributed by atoms with van der Waals surface area (Å²) in [5.74, 6) is 0.124. The second kappa shape index (κ2) is 5.83. The number of nitrogens with zero attached hydrogens (tertiary/aromatic N) is 1. The van der Waals surface area contributed by atoms with Gasteiger partial charge in [-0.05, 0) is 40.0 Å². The molecule has 1 saturated heterocycles. The van der Waals surface area contributed by atoms with Crippen LogP contribution >= 0.6 is 0 Å². The second-order valence-electron chi connectivity index (χ2n) is 5.89. The summed E-state index contributed by atoms with van der Waals surface area (Å²) in [6, 6.07) is 0.714. The van der Waals surface area contributed by atoms with Gasteiger partial charge in [-0.3, -0.25) is 9.69 Å². The van der Waals surface area contributed by atoms with Gasteiger partial charge in [0.25, 0.3) is 0 Å². The Balaban J connectivity index is 2.41. The van der Waals surface area contributed by atoms with Crippen LogP contribution in [-0.4, -0.2) is 41.5 Å². The maximum atomic E-state index is 11.9. The van der Waals surface area contributed by atoms with Gasteiger partial charge >= 0.3 is 0 Å². The van der Waals surface area contributed by atoms with Crippen molar-refractivity contribution in [1.29, 1.82) is 0 Å². The fourth-order valence-electron chi connectivity index (χ4n) is 2.18. The van der Waals surface area contributed by atoms with Crippen molar-refractivity contribution in [3.05, 3.63) is 0 Å². The first-order valence-electron chi connectivity index (χ1n) is 6.64. The van der Waals surface area contributed by atoms with E-state index in [4.69, 9.17) is 5.73 Å². The van der Waals surface area contributed by atoms with Crippen molar-refractivity contribution < 1.29 is 4.79 Å². The van der Waals surface area contributed by atoms with Crippen LogP contribution in [0.25, 0.3) is 0 Å². The van der Waals surface area contributed by atoms with E-state index in [0.29, 0.717) is 18.6 Å². The van der Waals surface area contributed by atoms with Gasteiger partial charge < -0.3 is 11.1 Å². The summed E-state index contributed by atoms with van der Waals surface area (Å²) in [5.41, 5.74) is 5.81. The van der Waals surface area contributed by atoms with Gasteiger partial charge in [-0.2, -0.15) is 0 Å². The molecular weight excluding hydrogens is 214 g/mol. The zero-order valence-corrected chi connectivity index (χ0v) is 11.6. The normalized spacial score (nSPS) is 26.9. The molecule has 0 aliphatic carbocycles. The number of piperidine rings is 1. The third-order valence-electron chi connectivity index (χ3n) is 3.76. The largest absolute Gasteiger partial charge is 0.350 e. The number of nitrogens with one attached hydrogen (secondary N) is 1. The minimum absolute atomic E-state index is 0.105. The summed E-state index contributed by atoms with van der Waals surface area (Å²) < 4.78 is 0. The predicted molar refractivity (Wildman–Crippen MR) is 70.8 cm³/mol. The van der Waals surface area contributed by atoms with Crippen LogP contribution in [0.15, 0.2) is 0 Å². The average molecular weight is 241 g/mol. The van der Waals surface area contributed by atoms with Crippen LogP contribution in [0.2, 0.25) is 0 Å². The molecule has 1 aliphatic heterocycles. The quantitative estimate of drug-likeness (QED) is 0.775. The van der Waals surface area contributed by atoms with Crippen molar-refractivity contribution in [3.63, 3.8) is 0 Å². The third-order valence-corrected chi connectivity index (χ3v) is 3.76. The molecule has 1 aliphatic rings. The molecule has 0 aromatic carbocycles. The van der Waals surface area contributed by atoms with Gasteiger partial charge in [0.1, 0.15) is 0 Å². The number of likely N-dealkylation sites (tertiary alicyclic amines) is 1. The molecule has 4 heteroatoms. The van der Waals surface area contributed by atoms with Gasteiger partial charge in [-0.25, -0.2) is 0 Å². The lowest BCUT2D eigenvalue weighted by molar-refractivity contribution is -0.124. The van der Waals surface area contributed by atoms with E-state index in [2.05, 4.69) is 37.9 Å². The third kappa shape index (κ3) is 4.64. The first-order valence-corrected chi connectivity index (χ1v) is 6.64.